The van der Waals surface area contributed by atoms with Gasteiger partial charge in [-0.2, -0.15) is 0 Å². The van der Waals surface area contributed by atoms with Crippen molar-refractivity contribution in [2.75, 3.05) is 0 Å². The molecule has 0 bridgehead atoms. The van der Waals surface area contributed by atoms with Gasteiger partial charge in [-0.15, -0.1) is 0 Å². The third kappa shape index (κ3) is 7.19. The fourth-order valence-electron chi connectivity index (χ4n) is 7.85. The van der Waals surface area contributed by atoms with E-state index in [0.29, 0.717) is 17.2 Å². The van der Waals surface area contributed by atoms with E-state index in [0.717, 1.165) is 85.3 Å². The number of aromatic nitrogens is 1. The van der Waals surface area contributed by atoms with Crippen molar-refractivity contribution in [1.29, 1.82) is 0 Å². The number of carbonyl (C=O) groups is 2. The van der Waals surface area contributed by atoms with E-state index in [9.17, 15) is 9.59 Å². The maximum Gasteiger partial charge on any atom is 0.332 e. The van der Waals surface area contributed by atoms with E-state index in [2.05, 4.69) is 118 Å². The third-order valence-corrected chi connectivity index (χ3v) is 10.6. The SMILES string of the molecule is CCCCC(CC)Cn1c2ccc(/C(=N\OC(C)=O)c3ccc(C(C)(C)C)cc3)cc2c2cc(C(=O)c3c(C)cc(C)cc3C)c3ccccc3c21. The first-order chi connectivity index (χ1) is 24.8. The lowest BCUT2D eigenvalue weighted by Crippen LogP contribution is -2.12. The Morgan fingerprint density at radius 3 is 2.06 bits per heavy atom. The molecule has 6 aromatic rings. The molecule has 0 saturated carbocycles. The van der Waals surface area contributed by atoms with Gasteiger partial charge in [-0.1, -0.05) is 131 Å². The Labute approximate surface area is 308 Å². The molecule has 0 aliphatic carbocycles. The largest absolute Gasteiger partial charge is 0.340 e. The van der Waals surface area contributed by atoms with E-state index in [4.69, 9.17) is 4.84 Å². The standard InChI is InChI=1S/C47H52N2O3/c1-10-12-15-33(11-2)28-49-42-23-20-35(44(48-52-32(6)50)34-18-21-36(22-19-34)47(7,8)9)26-39(42)40-27-41(37-16-13-14-17-38(37)45(40)49)46(51)43-30(4)24-29(3)25-31(43)5/h13-14,16-27,33H,10-12,15,28H2,1-9H3/b48-44-. The number of carbonyl (C=O) groups excluding carboxylic acids is 2. The van der Waals surface area contributed by atoms with Crippen molar-refractivity contribution in [3.05, 3.63) is 129 Å². The van der Waals surface area contributed by atoms with Crippen molar-refractivity contribution < 1.29 is 14.4 Å². The number of fused-ring (bicyclic) bond motifs is 5. The van der Waals surface area contributed by atoms with Gasteiger partial charge in [0, 0.05) is 57.4 Å². The molecule has 0 spiro atoms. The molecule has 0 amide bonds. The number of nitrogens with zero attached hydrogens (tertiary/aromatic N) is 2. The number of aryl methyl sites for hydroxylation is 3. The van der Waals surface area contributed by atoms with Gasteiger partial charge in [0.2, 0.25) is 0 Å². The molecule has 0 fully saturated rings. The van der Waals surface area contributed by atoms with Crippen LogP contribution in [0.5, 0.6) is 0 Å². The number of unbranched alkanes of at least 4 members (excludes halogenated alkanes) is 1. The normalized spacial score (nSPS) is 12.9. The van der Waals surface area contributed by atoms with Crippen LogP contribution >= 0.6 is 0 Å². The highest BCUT2D eigenvalue weighted by molar-refractivity contribution is 6.27. The maximum atomic E-state index is 14.7. The summed E-state index contributed by atoms with van der Waals surface area (Å²) in [7, 11) is 0. The molecular weight excluding hydrogens is 641 g/mol. The minimum Gasteiger partial charge on any atom is -0.340 e. The highest BCUT2D eigenvalue weighted by Crippen LogP contribution is 2.39. The van der Waals surface area contributed by atoms with Gasteiger partial charge >= 0.3 is 5.97 Å². The van der Waals surface area contributed by atoms with Gasteiger partial charge in [0.05, 0.1) is 5.52 Å². The molecule has 268 valence electrons. The predicted molar refractivity (Wildman–Crippen MR) is 217 cm³/mol. The van der Waals surface area contributed by atoms with Gasteiger partial charge in [0.25, 0.3) is 0 Å². The minimum atomic E-state index is -0.476. The summed E-state index contributed by atoms with van der Waals surface area (Å²) < 4.78 is 2.48. The number of ketones is 1. The summed E-state index contributed by atoms with van der Waals surface area (Å²) in [5, 5.41) is 8.51. The zero-order chi connectivity index (χ0) is 37.3. The Hall–Kier alpha value is -5.03. The van der Waals surface area contributed by atoms with Crippen molar-refractivity contribution in [3.8, 4) is 0 Å². The molecule has 1 atom stereocenters. The van der Waals surface area contributed by atoms with Crippen molar-refractivity contribution in [3.63, 3.8) is 0 Å². The van der Waals surface area contributed by atoms with Gasteiger partial charge in [0.15, 0.2) is 5.78 Å². The summed E-state index contributed by atoms with van der Waals surface area (Å²) in [4.78, 5) is 32.0. The Morgan fingerprint density at radius 2 is 1.44 bits per heavy atom. The summed E-state index contributed by atoms with van der Waals surface area (Å²) in [5.41, 5.74) is 10.3. The molecule has 0 radical (unpaired) electrons. The number of hydrogen-bond donors (Lipinski definition) is 0. The molecule has 1 aromatic heterocycles. The van der Waals surface area contributed by atoms with Crippen LogP contribution in [0.2, 0.25) is 0 Å². The van der Waals surface area contributed by atoms with Crippen LogP contribution in [0, 0.1) is 26.7 Å². The summed E-state index contributed by atoms with van der Waals surface area (Å²) in [5.74, 6) is 0.0739. The van der Waals surface area contributed by atoms with E-state index < -0.39 is 5.97 Å². The summed E-state index contributed by atoms with van der Waals surface area (Å²) >= 11 is 0. The molecule has 0 saturated heterocycles. The molecule has 0 aliphatic rings. The fraction of sp³-hybridized carbons (Fsp3) is 0.340. The van der Waals surface area contributed by atoms with Crippen molar-refractivity contribution in [2.45, 2.75) is 100.0 Å². The molecule has 0 N–H and O–H groups in total. The smallest absolute Gasteiger partial charge is 0.332 e. The average Bonchev–Trinajstić information content (AvgIpc) is 3.41. The lowest BCUT2D eigenvalue weighted by Gasteiger charge is -2.19. The summed E-state index contributed by atoms with van der Waals surface area (Å²) in [6.07, 6.45) is 4.61. The molecule has 0 aliphatic heterocycles. The van der Waals surface area contributed by atoms with Crippen LogP contribution in [0.1, 0.15) is 117 Å². The van der Waals surface area contributed by atoms with Crippen LogP contribution in [0.4, 0.5) is 0 Å². The van der Waals surface area contributed by atoms with Gasteiger partial charge in [-0.05, 0) is 78.8 Å². The van der Waals surface area contributed by atoms with Crippen molar-refractivity contribution in [1.82, 2.24) is 4.57 Å². The third-order valence-electron chi connectivity index (χ3n) is 10.6. The monoisotopic (exact) mass is 692 g/mol. The lowest BCUT2D eigenvalue weighted by atomic mass is 9.86. The molecule has 1 heterocycles. The number of oxime groups is 1. The Balaban J connectivity index is 1.65. The first-order valence-electron chi connectivity index (χ1n) is 18.8. The molecule has 5 aromatic carbocycles. The van der Waals surface area contributed by atoms with Crippen LogP contribution in [0.3, 0.4) is 0 Å². The molecule has 5 heteroatoms. The quantitative estimate of drug-likeness (QED) is 0.0588. The van der Waals surface area contributed by atoms with Gasteiger partial charge in [-0.3, -0.25) is 4.79 Å². The van der Waals surface area contributed by atoms with Gasteiger partial charge in [0.1, 0.15) is 5.71 Å². The second-order valence-corrected chi connectivity index (χ2v) is 15.6. The molecule has 6 rings (SSSR count). The lowest BCUT2D eigenvalue weighted by molar-refractivity contribution is -0.140. The number of rotatable bonds is 11. The van der Waals surface area contributed by atoms with Crippen LogP contribution in [0.25, 0.3) is 32.6 Å². The molecule has 52 heavy (non-hydrogen) atoms. The Morgan fingerprint density at radius 1 is 0.788 bits per heavy atom. The molecule has 5 nitrogen and oxygen atoms in total. The Kier molecular flexibility index (Phi) is 10.5. The zero-order valence-corrected chi connectivity index (χ0v) is 32.3. The zero-order valence-electron chi connectivity index (χ0n) is 32.3. The first kappa shape index (κ1) is 36.8. The van der Waals surface area contributed by atoms with E-state index in [1.54, 1.807) is 0 Å². The van der Waals surface area contributed by atoms with E-state index in [1.807, 2.05) is 32.0 Å². The molecule has 1 unspecified atom stereocenters. The highest BCUT2D eigenvalue weighted by Gasteiger charge is 2.24. The van der Waals surface area contributed by atoms with Crippen molar-refractivity contribution >= 4 is 50.0 Å². The minimum absolute atomic E-state index is 0.00644. The van der Waals surface area contributed by atoms with Gasteiger partial charge in [-0.25, -0.2) is 4.79 Å². The number of hydrogen-bond acceptors (Lipinski definition) is 4. The highest BCUT2D eigenvalue weighted by atomic mass is 16.7. The summed E-state index contributed by atoms with van der Waals surface area (Å²) in [6.45, 7) is 19.5. The van der Waals surface area contributed by atoms with Crippen LogP contribution in [-0.4, -0.2) is 22.0 Å². The number of benzene rings is 5. The second kappa shape index (κ2) is 14.9. The predicted octanol–water partition coefficient (Wildman–Crippen LogP) is 11.9. The van der Waals surface area contributed by atoms with E-state index in [-0.39, 0.29) is 11.2 Å². The first-order valence-corrected chi connectivity index (χ1v) is 18.8. The van der Waals surface area contributed by atoms with Gasteiger partial charge < -0.3 is 9.40 Å². The van der Waals surface area contributed by atoms with E-state index >= 15 is 0 Å². The topological polar surface area (TPSA) is 60.7 Å². The molecular formula is C47H52N2O3. The Bertz CT molecular complexity index is 2310. The van der Waals surface area contributed by atoms with Crippen LogP contribution < -0.4 is 0 Å². The van der Waals surface area contributed by atoms with Crippen molar-refractivity contribution in [2.24, 2.45) is 11.1 Å². The average molecular weight is 693 g/mol. The second-order valence-electron chi connectivity index (χ2n) is 15.6. The summed E-state index contributed by atoms with van der Waals surface area (Å²) in [6, 6.07) is 29.4. The van der Waals surface area contributed by atoms with Crippen LogP contribution in [0.15, 0.2) is 90.1 Å². The van der Waals surface area contributed by atoms with E-state index in [1.165, 1.54) is 25.3 Å². The van der Waals surface area contributed by atoms with Crippen LogP contribution in [-0.2, 0) is 21.6 Å². The fourth-order valence-corrected chi connectivity index (χ4v) is 7.85. The maximum absolute atomic E-state index is 14.7.